The van der Waals surface area contributed by atoms with Crippen LogP contribution in [0.5, 0.6) is 5.75 Å². The van der Waals surface area contributed by atoms with Crippen LogP contribution in [-0.4, -0.2) is 30.0 Å². The highest BCUT2D eigenvalue weighted by Crippen LogP contribution is 2.29. The molecule has 4 aromatic rings. The van der Waals surface area contributed by atoms with Crippen LogP contribution in [0.15, 0.2) is 96.7 Å². The van der Waals surface area contributed by atoms with E-state index in [2.05, 4.69) is 10.6 Å². The van der Waals surface area contributed by atoms with Gasteiger partial charge in [0.05, 0.1) is 18.7 Å². The highest BCUT2D eigenvalue weighted by molar-refractivity contribution is 6.11. The maximum absolute atomic E-state index is 13.1. The van der Waals surface area contributed by atoms with Crippen molar-refractivity contribution in [1.82, 2.24) is 0 Å². The van der Waals surface area contributed by atoms with Crippen molar-refractivity contribution in [2.75, 3.05) is 17.7 Å². The van der Waals surface area contributed by atoms with Gasteiger partial charge in [-0.15, -0.1) is 0 Å². The second-order valence-corrected chi connectivity index (χ2v) is 8.74. The van der Waals surface area contributed by atoms with E-state index in [9.17, 15) is 23.1 Å². The van der Waals surface area contributed by atoms with Gasteiger partial charge in [-0.25, -0.2) is 0 Å². The lowest BCUT2D eigenvalue weighted by Crippen LogP contribution is -2.25. The van der Waals surface area contributed by atoms with E-state index < -0.39 is 29.6 Å². The van der Waals surface area contributed by atoms with Gasteiger partial charge in [-0.3, -0.25) is 10.2 Å². The molecule has 0 aliphatic carbocycles. The number of hydrogen-bond acceptors (Lipinski definition) is 6. The number of ether oxygens (including phenoxy) is 1. The molecule has 0 bridgehead atoms. The predicted molar refractivity (Wildman–Crippen MR) is 146 cm³/mol. The van der Waals surface area contributed by atoms with Crippen molar-refractivity contribution in [2.24, 2.45) is 0 Å². The van der Waals surface area contributed by atoms with Crippen molar-refractivity contribution in [1.29, 1.82) is 10.7 Å². The number of methoxy groups -OCH3 is 1. The average molecular weight is 545 g/mol. The third-order valence-corrected chi connectivity index (χ3v) is 5.96. The third-order valence-electron chi connectivity index (χ3n) is 5.96. The van der Waals surface area contributed by atoms with Crippen LogP contribution in [0.3, 0.4) is 0 Å². The van der Waals surface area contributed by atoms with Gasteiger partial charge in [-0.2, -0.15) is 18.4 Å². The molecule has 0 heterocycles. The zero-order valence-electron chi connectivity index (χ0n) is 21.1. The first kappa shape index (κ1) is 27.9. The summed E-state index contributed by atoms with van der Waals surface area (Å²) in [6, 6.07) is 25.0. The number of aliphatic hydroxyl groups excluding tert-OH is 1. The molecule has 10 heteroatoms. The quantitative estimate of drug-likeness (QED) is 0.153. The van der Waals surface area contributed by atoms with Crippen molar-refractivity contribution in [3.8, 4) is 11.8 Å². The maximum Gasteiger partial charge on any atom is 0.432 e. The van der Waals surface area contributed by atoms with Gasteiger partial charge in [0.1, 0.15) is 23.3 Å². The molecule has 1 amide bonds. The van der Waals surface area contributed by atoms with Crippen molar-refractivity contribution >= 4 is 33.8 Å². The Kier molecular flexibility index (Phi) is 8.17. The fourth-order valence-corrected chi connectivity index (χ4v) is 3.92. The topological polar surface area (TPSA) is 118 Å². The van der Waals surface area contributed by atoms with E-state index in [0.29, 0.717) is 23.0 Å². The molecule has 0 aliphatic rings. The first-order valence-electron chi connectivity index (χ1n) is 11.9. The predicted octanol–water partition coefficient (Wildman–Crippen LogP) is 6.32. The molecule has 4 aromatic carbocycles. The number of carbonyl (C=O) groups is 1. The maximum atomic E-state index is 13.1. The molecule has 1 unspecified atom stereocenters. The van der Waals surface area contributed by atoms with Crippen LogP contribution in [0, 0.1) is 16.7 Å². The van der Waals surface area contributed by atoms with Gasteiger partial charge in [0, 0.05) is 11.4 Å². The van der Waals surface area contributed by atoms with Crippen molar-refractivity contribution in [2.45, 2.75) is 12.3 Å². The molecule has 0 aliphatic heterocycles. The molecule has 40 heavy (non-hydrogen) atoms. The number of aliphatic hydroxyl groups is 1. The van der Waals surface area contributed by atoms with Crippen LogP contribution in [0.4, 0.5) is 24.5 Å². The molecule has 1 atom stereocenters. The number of amides is 1. The number of halogens is 3. The minimum atomic E-state index is -4.98. The van der Waals surface area contributed by atoms with Gasteiger partial charge in [0.25, 0.3) is 5.91 Å². The molecular weight excluding hydrogens is 521 g/mol. The minimum Gasteiger partial charge on any atom is -0.497 e. The number of benzene rings is 4. The molecule has 202 valence electrons. The number of hydrogen-bond donors (Lipinski definition) is 4. The second-order valence-electron chi connectivity index (χ2n) is 8.74. The Morgan fingerprint density at radius 2 is 1.60 bits per heavy atom. The number of nitriles is 1. The number of carbonyl (C=O) groups excluding carboxylic acids is 1. The Labute approximate surface area is 227 Å². The summed E-state index contributed by atoms with van der Waals surface area (Å²) in [7, 11) is 1.58. The van der Waals surface area contributed by atoms with Gasteiger partial charge in [0.2, 0.25) is 0 Å². The number of nitrogens with one attached hydrogen (secondary N) is 3. The Bertz CT molecular complexity index is 1660. The van der Waals surface area contributed by atoms with E-state index in [4.69, 9.17) is 15.4 Å². The second kappa shape index (κ2) is 11.7. The molecule has 0 saturated heterocycles. The molecule has 0 spiro atoms. The highest BCUT2D eigenvalue weighted by atomic mass is 19.4. The van der Waals surface area contributed by atoms with E-state index in [1.54, 1.807) is 25.3 Å². The van der Waals surface area contributed by atoms with Gasteiger partial charge in [-0.1, -0.05) is 36.4 Å². The van der Waals surface area contributed by atoms with Crippen molar-refractivity contribution in [3.05, 3.63) is 113 Å². The standard InChI is InChI=1S/C30H23F3N4O3/c1-40-25-11-10-19-13-22(9-8-20(19)15-25)28(38)21-5-3-7-24(14-21)37-29(39)26(16-27(35)30(31,32)33)36-23-6-2-4-18(12-23)17-34/h2-16,28,35-36,38H,1H3,(H,37,39)/b26-16-,35-27?. The number of alkyl halides is 3. The smallest absolute Gasteiger partial charge is 0.432 e. The van der Waals surface area contributed by atoms with Gasteiger partial charge in [-0.05, 0) is 76.5 Å². The van der Waals surface area contributed by atoms with Crippen LogP contribution in [-0.2, 0) is 4.79 Å². The fourth-order valence-electron chi connectivity index (χ4n) is 3.92. The number of allylic oxidation sites excluding steroid dienone is 1. The van der Waals surface area contributed by atoms with E-state index in [1.165, 1.54) is 36.4 Å². The first-order valence-corrected chi connectivity index (χ1v) is 11.9. The molecule has 7 nitrogen and oxygen atoms in total. The molecule has 0 radical (unpaired) electrons. The first-order chi connectivity index (χ1) is 19.1. The summed E-state index contributed by atoms with van der Waals surface area (Å²) < 4.78 is 44.5. The van der Waals surface area contributed by atoms with E-state index in [0.717, 1.165) is 10.8 Å². The van der Waals surface area contributed by atoms with Crippen LogP contribution in [0.25, 0.3) is 10.8 Å². The fraction of sp³-hybridized carbons (Fsp3) is 0.100. The van der Waals surface area contributed by atoms with Gasteiger partial charge >= 0.3 is 6.18 Å². The van der Waals surface area contributed by atoms with Crippen LogP contribution in [0.2, 0.25) is 0 Å². The number of rotatable bonds is 8. The van der Waals surface area contributed by atoms with E-state index >= 15 is 0 Å². The molecule has 0 aromatic heterocycles. The number of nitrogens with zero attached hydrogens (tertiary/aromatic N) is 1. The minimum absolute atomic E-state index is 0.188. The highest BCUT2D eigenvalue weighted by Gasteiger charge is 2.33. The normalized spacial score (nSPS) is 12.3. The number of fused-ring (bicyclic) bond motifs is 1. The lowest BCUT2D eigenvalue weighted by molar-refractivity contribution is -0.112. The third kappa shape index (κ3) is 6.64. The number of anilines is 2. The Morgan fingerprint density at radius 3 is 2.30 bits per heavy atom. The van der Waals surface area contributed by atoms with E-state index in [-0.39, 0.29) is 16.9 Å². The summed E-state index contributed by atoms with van der Waals surface area (Å²) in [6.07, 6.45) is -5.66. The molecular formula is C30H23F3N4O3. The zero-order valence-corrected chi connectivity index (χ0v) is 21.1. The zero-order chi connectivity index (χ0) is 28.9. The molecule has 0 saturated carbocycles. The van der Waals surface area contributed by atoms with Gasteiger partial charge in [0.15, 0.2) is 0 Å². The average Bonchev–Trinajstić information content (AvgIpc) is 2.95. The SMILES string of the molecule is COc1ccc2cc(C(O)c3cccc(NC(=O)/C(=C/C(=N)C(F)(F)F)Nc4cccc(C#N)c4)c3)ccc2c1. The summed E-state index contributed by atoms with van der Waals surface area (Å²) in [5.74, 6) is -0.252. The molecule has 4 rings (SSSR count). The summed E-state index contributed by atoms with van der Waals surface area (Å²) in [5.41, 5.74) is -0.635. The van der Waals surface area contributed by atoms with E-state index in [1.807, 2.05) is 36.4 Å². The summed E-state index contributed by atoms with van der Waals surface area (Å²) in [5, 5.41) is 34.4. The van der Waals surface area contributed by atoms with Crippen LogP contribution < -0.4 is 15.4 Å². The lowest BCUT2D eigenvalue weighted by Gasteiger charge is -2.16. The Hall–Kier alpha value is -5.14. The van der Waals surface area contributed by atoms with Crippen molar-refractivity contribution in [3.63, 3.8) is 0 Å². The summed E-state index contributed by atoms with van der Waals surface area (Å²) in [6.45, 7) is 0. The van der Waals surface area contributed by atoms with Crippen LogP contribution >= 0.6 is 0 Å². The lowest BCUT2D eigenvalue weighted by atomic mass is 9.98. The molecule has 4 N–H and O–H groups in total. The summed E-state index contributed by atoms with van der Waals surface area (Å²) >= 11 is 0. The Balaban J connectivity index is 1.58. The van der Waals surface area contributed by atoms with Crippen LogP contribution in [0.1, 0.15) is 22.8 Å². The monoisotopic (exact) mass is 544 g/mol. The summed E-state index contributed by atoms with van der Waals surface area (Å²) in [4.78, 5) is 13.0. The molecule has 0 fully saturated rings. The van der Waals surface area contributed by atoms with Crippen molar-refractivity contribution < 1.29 is 27.8 Å². The van der Waals surface area contributed by atoms with Gasteiger partial charge < -0.3 is 20.5 Å². The largest absolute Gasteiger partial charge is 0.497 e. The Morgan fingerprint density at radius 1 is 0.950 bits per heavy atom.